The molecule has 0 saturated carbocycles. The van der Waals surface area contributed by atoms with E-state index in [2.05, 4.69) is 39.9 Å². The first-order valence-electron chi connectivity index (χ1n) is 5.77. The van der Waals surface area contributed by atoms with Gasteiger partial charge in [-0.25, -0.2) is 0 Å². The van der Waals surface area contributed by atoms with E-state index < -0.39 is 0 Å². The van der Waals surface area contributed by atoms with Crippen molar-refractivity contribution >= 4 is 16.8 Å². The summed E-state index contributed by atoms with van der Waals surface area (Å²) < 4.78 is 0. The molecule has 0 saturated heterocycles. The molecule has 0 aliphatic rings. The summed E-state index contributed by atoms with van der Waals surface area (Å²) in [6.07, 6.45) is 1.94. The smallest absolute Gasteiger partial charge is 0.216 e. The van der Waals surface area contributed by atoms with Crippen LogP contribution in [0.4, 0.5) is 0 Å². The number of carbonyl (C=O) groups excluding carboxylic acids is 1. The highest BCUT2D eigenvalue weighted by Crippen LogP contribution is 2.13. The first kappa shape index (κ1) is 11.7. The van der Waals surface area contributed by atoms with E-state index in [1.807, 2.05) is 6.20 Å². The van der Waals surface area contributed by atoms with E-state index in [9.17, 15) is 4.79 Å². The zero-order valence-corrected chi connectivity index (χ0v) is 9.92. The van der Waals surface area contributed by atoms with E-state index in [1.165, 1.54) is 17.9 Å². The van der Waals surface area contributed by atoms with Gasteiger partial charge in [-0.15, -0.1) is 0 Å². The average Bonchev–Trinajstić information content (AvgIpc) is 2.75. The number of fused-ring (bicyclic) bond motifs is 1. The molecule has 0 atom stereocenters. The molecule has 4 nitrogen and oxygen atoms in total. The zero-order chi connectivity index (χ0) is 12.1. The molecule has 0 radical (unpaired) electrons. The molecule has 0 aliphatic heterocycles. The summed E-state index contributed by atoms with van der Waals surface area (Å²) in [6.45, 7) is 3.80. The Balaban J connectivity index is 1.80. The van der Waals surface area contributed by atoms with Gasteiger partial charge < -0.3 is 15.6 Å². The highest BCUT2D eigenvalue weighted by atomic mass is 16.1. The number of benzene rings is 1. The molecular formula is C13H17N3O. The first-order chi connectivity index (χ1) is 8.25. The van der Waals surface area contributed by atoms with Crippen LogP contribution in [0.5, 0.6) is 0 Å². The monoisotopic (exact) mass is 231 g/mol. The van der Waals surface area contributed by atoms with E-state index >= 15 is 0 Å². The van der Waals surface area contributed by atoms with Crippen LogP contribution in [0.3, 0.4) is 0 Å². The van der Waals surface area contributed by atoms with Crippen LogP contribution in [0.1, 0.15) is 12.5 Å². The van der Waals surface area contributed by atoms with Crippen molar-refractivity contribution in [2.75, 3.05) is 13.1 Å². The minimum absolute atomic E-state index is 0.0144. The maximum Gasteiger partial charge on any atom is 0.216 e. The van der Waals surface area contributed by atoms with Crippen molar-refractivity contribution in [3.8, 4) is 0 Å². The summed E-state index contributed by atoms with van der Waals surface area (Å²) in [5.41, 5.74) is 2.41. The van der Waals surface area contributed by atoms with Crippen LogP contribution in [-0.2, 0) is 11.3 Å². The summed E-state index contributed by atoms with van der Waals surface area (Å²) in [5.74, 6) is 0.0144. The third-order valence-corrected chi connectivity index (χ3v) is 2.62. The molecule has 0 aliphatic carbocycles. The molecule has 1 amide bonds. The lowest BCUT2D eigenvalue weighted by Crippen LogP contribution is -2.29. The number of nitrogens with one attached hydrogen (secondary N) is 3. The van der Waals surface area contributed by atoms with Gasteiger partial charge >= 0.3 is 0 Å². The molecule has 90 valence electrons. The summed E-state index contributed by atoms with van der Waals surface area (Å²) >= 11 is 0. The van der Waals surface area contributed by atoms with E-state index in [1.54, 1.807) is 0 Å². The Morgan fingerprint density at radius 3 is 3.00 bits per heavy atom. The van der Waals surface area contributed by atoms with Crippen molar-refractivity contribution in [1.29, 1.82) is 0 Å². The van der Waals surface area contributed by atoms with Crippen molar-refractivity contribution in [1.82, 2.24) is 15.6 Å². The predicted octanol–water partition coefficient (Wildman–Crippen LogP) is 1.39. The molecule has 0 fully saturated rings. The second kappa shape index (κ2) is 5.50. The molecule has 0 bridgehead atoms. The Kier molecular flexibility index (Phi) is 3.77. The topological polar surface area (TPSA) is 56.9 Å². The molecule has 1 aromatic heterocycles. The lowest BCUT2D eigenvalue weighted by atomic mass is 10.1. The summed E-state index contributed by atoms with van der Waals surface area (Å²) in [4.78, 5) is 13.8. The Labute approximate surface area is 100 Å². The fraction of sp³-hybridized carbons (Fsp3) is 0.308. The van der Waals surface area contributed by atoms with Crippen LogP contribution in [0.15, 0.2) is 30.5 Å². The van der Waals surface area contributed by atoms with Crippen molar-refractivity contribution in [3.05, 3.63) is 36.0 Å². The van der Waals surface area contributed by atoms with Gasteiger partial charge in [0.05, 0.1) is 0 Å². The van der Waals surface area contributed by atoms with Crippen molar-refractivity contribution < 1.29 is 4.79 Å². The summed E-state index contributed by atoms with van der Waals surface area (Å²) in [7, 11) is 0. The molecular weight excluding hydrogens is 214 g/mol. The van der Waals surface area contributed by atoms with Crippen molar-refractivity contribution in [3.63, 3.8) is 0 Å². The fourth-order valence-corrected chi connectivity index (χ4v) is 1.77. The molecule has 0 unspecified atom stereocenters. The van der Waals surface area contributed by atoms with Gasteiger partial charge in [0.2, 0.25) is 5.91 Å². The highest BCUT2D eigenvalue weighted by molar-refractivity contribution is 5.79. The Morgan fingerprint density at radius 1 is 1.29 bits per heavy atom. The third-order valence-electron chi connectivity index (χ3n) is 2.62. The van der Waals surface area contributed by atoms with Crippen LogP contribution < -0.4 is 10.6 Å². The Bertz CT molecular complexity index is 504. The fourth-order valence-electron chi connectivity index (χ4n) is 1.77. The SMILES string of the molecule is CC(=O)NCCNCc1ccc2[nH]ccc2c1. The van der Waals surface area contributed by atoms with Crippen molar-refractivity contribution in [2.45, 2.75) is 13.5 Å². The molecule has 2 aromatic rings. The number of H-pyrrole nitrogens is 1. The number of aromatic amines is 1. The van der Waals surface area contributed by atoms with Crippen LogP contribution >= 0.6 is 0 Å². The second-order valence-electron chi connectivity index (χ2n) is 4.06. The minimum Gasteiger partial charge on any atom is -0.361 e. The van der Waals surface area contributed by atoms with Crippen molar-refractivity contribution in [2.24, 2.45) is 0 Å². The van der Waals surface area contributed by atoms with E-state index in [-0.39, 0.29) is 5.91 Å². The largest absolute Gasteiger partial charge is 0.361 e. The number of aromatic nitrogens is 1. The lowest BCUT2D eigenvalue weighted by molar-refractivity contribution is -0.118. The van der Waals surface area contributed by atoms with E-state index in [4.69, 9.17) is 0 Å². The van der Waals surface area contributed by atoms with E-state index in [0.717, 1.165) is 18.6 Å². The Hall–Kier alpha value is -1.81. The number of carbonyl (C=O) groups is 1. The zero-order valence-electron chi connectivity index (χ0n) is 9.92. The van der Waals surface area contributed by atoms with E-state index in [0.29, 0.717) is 6.54 Å². The molecule has 17 heavy (non-hydrogen) atoms. The van der Waals surface area contributed by atoms with Gasteiger partial charge in [0.15, 0.2) is 0 Å². The minimum atomic E-state index is 0.0144. The van der Waals surface area contributed by atoms with Gasteiger partial charge in [0.25, 0.3) is 0 Å². The third kappa shape index (κ3) is 3.32. The molecule has 1 aromatic carbocycles. The molecule has 0 spiro atoms. The maximum absolute atomic E-state index is 10.7. The molecule has 4 heteroatoms. The quantitative estimate of drug-likeness (QED) is 0.681. The Morgan fingerprint density at radius 2 is 2.18 bits per heavy atom. The number of amides is 1. The number of hydrogen-bond acceptors (Lipinski definition) is 2. The van der Waals surface area contributed by atoms with Gasteiger partial charge in [-0.05, 0) is 29.1 Å². The standard InChI is InChI=1S/C13H17N3O/c1-10(17)15-7-6-14-9-11-2-3-13-12(8-11)4-5-16-13/h2-5,8,14,16H,6-7,9H2,1H3,(H,15,17). The van der Waals surface area contributed by atoms with Crippen LogP contribution in [0.25, 0.3) is 10.9 Å². The number of rotatable bonds is 5. The summed E-state index contributed by atoms with van der Waals surface area (Å²) in [6, 6.07) is 8.41. The summed E-state index contributed by atoms with van der Waals surface area (Å²) in [5, 5.41) is 7.27. The highest BCUT2D eigenvalue weighted by Gasteiger charge is 1.97. The normalized spacial score (nSPS) is 10.6. The maximum atomic E-state index is 10.7. The van der Waals surface area contributed by atoms with Crippen LogP contribution in [0, 0.1) is 0 Å². The van der Waals surface area contributed by atoms with Gasteiger partial charge in [0.1, 0.15) is 0 Å². The van der Waals surface area contributed by atoms with Crippen LogP contribution in [0.2, 0.25) is 0 Å². The first-order valence-corrected chi connectivity index (χ1v) is 5.77. The molecule has 3 N–H and O–H groups in total. The van der Waals surface area contributed by atoms with Gasteiger partial charge in [-0.1, -0.05) is 6.07 Å². The lowest BCUT2D eigenvalue weighted by Gasteiger charge is -2.05. The van der Waals surface area contributed by atoms with Crippen LogP contribution in [-0.4, -0.2) is 24.0 Å². The number of hydrogen-bond donors (Lipinski definition) is 3. The average molecular weight is 231 g/mol. The second-order valence-corrected chi connectivity index (χ2v) is 4.06. The van der Waals surface area contributed by atoms with Gasteiger partial charge in [-0.2, -0.15) is 0 Å². The molecule has 1 heterocycles. The predicted molar refractivity (Wildman–Crippen MR) is 68.7 cm³/mol. The van der Waals surface area contributed by atoms with Gasteiger partial charge in [0, 0.05) is 38.3 Å². The van der Waals surface area contributed by atoms with Gasteiger partial charge in [-0.3, -0.25) is 4.79 Å². The molecule has 2 rings (SSSR count).